The van der Waals surface area contributed by atoms with Gasteiger partial charge in [0.05, 0.1) is 4.90 Å². The van der Waals surface area contributed by atoms with Crippen LogP contribution in [-0.4, -0.2) is 8.42 Å². The summed E-state index contributed by atoms with van der Waals surface area (Å²) in [5.41, 5.74) is 0. The number of hydrogen-bond donors (Lipinski definition) is 1. The quantitative estimate of drug-likeness (QED) is 0.799. The first-order valence-corrected chi connectivity index (χ1v) is 8.57. The van der Waals surface area contributed by atoms with Crippen molar-refractivity contribution in [2.24, 2.45) is 0 Å². The SMILES string of the molecule is O=S(=O)(NCc1cc2ccccc2s1)c1ccc(F)cc1. The van der Waals surface area contributed by atoms with Crippen LogP contribution >= 0.6 is 11.3 Å². The van der Waals surface area contributed by atoms with Crippen molar-refractivity contribution in [1.82, 2.24) is 4.72 Å². The molecule has 0 bridgehead atoms. The molecule has 0 saturated heterocycles. The van der Waals surface area contributed by atoms with E-state index in [0.717, 1.165) is 27.1 Å². The van der Waals surface area contributed by atoms with Crippen molar-refractivity contribution in [3.05, 3.63) is 65.3 Å². The van der Waals surface area contributed by atoms with Crippen molar-refractivity contribution in [3.63, 3.8) is 0 Å². The number of sulfonamides is 1. The number of thiophene rings is 1. The second-order valence-electron chi connectivity index (χ2n) is 4.53. The second-order valence-corrected chi connectivity index (χ2v) is 7.46. The molecule has 3 rings (SSSR count). The van der Waals surface area contributed by atoms with Crippen molar-refractivity contribution < 1.29 is 12.8 Å². The molecule has 108 valence electrons. The number of rotatable bonds is 4. The van der Waals surface area contributed by atoms with Gasteiger partial charge in [-0.05, 0) is 41.8 Å². The van der Waals surface area contributed by atoms with Crippen LogP contribution in [0.15, 0.2) is 59.5 Å². The predicted molar refractivity (Wildman–Crippen MR) is 82.3 cm³/mol. The second kappa shape index (κ2) is 5.55. The minimum absolute atomic E-state index is 0.0602. The number of hydrogen-bond acceptors (Lipinski definition) is 3. The summed E-state index contributed by atoms with van der Waals surface area (Å²) in [6.07, 6.45) is 0. The van der Waals surface area contributed by atoms with Gasteiger partial charge < -0.3 is 0 Å². The fraction of sp³-hybridized carbons (Fsp3) is 0.0667. The van der Waals surface area contributed by atoms with Crippen LogP contribution in [0.3, 0.4) is 0 Å². The summed E-state index contributed by atoms with van der Waals surface area (Å²) in [5.74, 6) is -0.460. The summed E-state index contributed by atoms with van der Waals surface area (Å²) < 4.78 is 40.7. The van der Waals surface area contributed by atoms with E-state index in [-0.39, 0.29) is 11.4 Å². The predicted octanol–water partition coefficient (Wildman–Crippen LogP) is 3.52. The minimum Gasteiger partial charge on any atom is -0.207 e. The zero-order valence-corrected chi connectivity index (χ0v) is 12.5. The van der Waals surface area contributed by atoms with E-state index in [1.807, 2.05) is 30.3 Å². The average molecular weight is 321 g/mol. The zero-order valence-electron chi connectivity index (χ0n) is 10.9. The summed E-state index contributed by atoms with van der Waals surface area (Å²) in [6.45, 7) is 0.221. The van der Waals surface area contributed by atoms with Gasteiger partial charge in [-0.3, -0.25) is 0 Å². The lowest BCUT2D eigenvalue weighted by Gasteiger charge is -2.05. The van der Waals surface area contributed by atoms with Gasteiger partial charge in [-0.1, -0.05) is 18.2 Å². The van der Waals surface area contributed by atoms with Gasteiger partial charge in [-0.25, -0.2) is 17.5 Å². The molecule has 3 nitrogen and oxygen atoms in total. The van der Waals surface area contributed by atoms with Crippen LogP contribution in [0.25, 0.3) is 10.1 Å². The van der Waals surface area contributed by atoms with E-state index in [1.54, 1.807) is 11.3 Å². The van der Waals surface area contributed by atoms with Gasteiger partial charge >= 0.3 is 0 Å². The van der Waals surface area contributed by atoms with Gasteiger partial charge in [0.2, 0.25) is 10.0 Å². The smallest absolute Gasteiger partial charge is 0.207 e. The number of nitrogens with one attached hydrogen (secondary N) is 1. The summed E-state index contributed by atoms with van der Waals surface area (Å²) >= 11 is 1.55. The van der Waals surface area contributed by atoms with E-state index in [4.69, 9.17) is 0 Å². The molecule has 1 aromatic heterocycles. The lowest BCUT2D eigenvalue weighted by atomic mass is 10.2. The Balaban J connectivity index is 1.78. The summed E-state index contributed by atoms with van der Waals surface area (Å²) in [4.78, 5) is 0.992. The summed E-state index contributed by atoms with van der Waals surface area (Å²) in [5, 5.41) is 1.10. The van der Waals surface area contributed by atoms with Crippen LogP contribution in [-0.2, 0) is 16.6 Å². The number of benzene rings is 2. The molecule has 1 N–H and O–H groups in total. The average Bonchev–Trinajstić information content (AvgIpc) is 2.89. The van der Waals surface area contributed by atoms with E-state index in [0.29, 0.717) is 0 Å². The standard InChI is InChI=1S/C15H12FNO2S2/c16-12-5-7-14(8-6-12)21(18,19)17-10-13-9-11-3-1-2-4-15(11)20-13/h1-9,17H,10H2. The molecule has 21 heavy (non-hydrogen) atoms. The van der Waals surface area contributed by atoms with Gasteiger partial charge in [-0.2, -0.15) is 0 Å². The van der Waals surface area contributed by atoms with Crippen LogP contribution in [0.1, 0.15) is 4.88 Å². The molecule has 2 aromatic carbocycles. The molecule has 0 radical (unpaired) electrons. The monoisotopic (exact) mass is 321 g/mol. The van der Waals surface area contributed by atoms with E-state index < -0.39 is 15.8 Å². The molecule has 0 unspecified atom stereocenters. The molecule has 0 saturated carbocycles. The lowest BCUT2D eigenvalue weighted by molar-refractivity contribution is 0.581. The Bertz CT molecular complexity index is 837. The molecular formula is C15H12FNO2S2. The topological polar surface area (TPSA) is 46.2 Å². The first-order valence-electron chi connectivity index (χ1n) is 6.27. The molecule has 0 aliphatic rings. The zero-order chi connectivity index (χ0) is 14.9. The summed E-state index contributed by atoms with van der Waals surface area (Å²) in [7, 11) is -3.62. The van der Waals surface area contributed by atoms with Gasteiger partial charge in [0.25, 0.3) is 0 Å². The van der Waals surface area contributed by atoms with E-state index in [1.165, 1.54) is 12.1 Å². The van der Waals surface area contributed by atoms with Gasteiger partial charge in [0, 0.05) is 16.1 Å². The highest BCUT2D eigenvalue weighted by molar-refractivity contribution is 7.89. The third kappa shape index (κ3) is 3.12. The third-order valence-electron chi connectivity index (χ3n) is 3.04. The van der Waals surface area contributed by atoms with Crippen molar-refractivity contribution in [3.8, 4) is 0 Å². The Hall–Kier alpha value is -1.76. The Labute approximate surface area is 126 Å². The Morgan fingerprint density at radius 3 is 2.48 bits per heavy atom. The first-order chi connectivity index (χ1) is 10.0. The molecule has 0 amide bonds. The Morgan fingerprint density at radius 1 is 1.05 bits per heavy atom. The maximum Gasteiger partial charge on any atom is 0.240 e. The third-order valence-corrected chi connectivity index (χ3v) is 5.57. The minimum atomic E-state index is -3.62. The van der Waals surface area contributed by atoms with Gasteiger partial charge in [-0.15, -0.1) is 11.3 Å². The van der Waals surface area contributed by atoms with E-state index in [2.05, 4.69) is 4.72 Å². The van der Waals surface area contributed by atoms with Crippen LogP contribution in [0.5, 0.6) is 0 Å². The maximum atomic E-state index is 12.8. The fourth-order valence-corrected chi connectivity index (χ4v) is 4.09. The molecule has 1 heterocycles. The molecule has 0 aliphatic heterocycles. The molecular weight excluding hydrogens is 309 g/mol. The first kappa shape index (κ1) is 14.2. The normalized spacial score (nSPS) is 11.9. The van der Waals surface area contributed by atoms with Crippen molar-refractivity contribution in [2.75, 3.05) is 0 Å². The van der Waals surface area contributed by atoms with Gasteiger partial charge in [0.1, 0.15) is 5.82 Å². The van der Waals surface area contributed by atoms with E-state index >= 15 is 0 Å². The summed E-state index contributed by atoms with van der Waals surface area (Å²) in [6, 6.07) is 14.6. The van der Waals surface area contributed by atoms with Crippen molar-refractivity contribution in [2.45, 2.75) is 11.4 Å². The molecule has 3 aromatic rings. The molecule has 0 aliphatic carbocycles. The molecule has 0 spiro atoms. The fourth-order valence-electron chi connectivity index (χ4n) is 1.99. The highest BCUT2D eigenvalue weighted by Gasteiger charge is 2.14. The molecule has 0 atom stereocenters. The maximum absolute atomic E-state index is 12.8. The molecule has 0 fully saturated rings. The number of halogens is 1. The van der Waals surface area contributed by atoms with Crippen molar-refractivity contribution >= 4 is 31.4 Å². The Kier molecular flexibility index (Phi) is 3.75. The van der Waals surface area contributed by atoms with Crippen LogP contribution in [0.4, 0.5) is 4.39 Å². The van der Waals surface area contributed by atoms with Crippen LogP contribution in [0.2, 0.25) is 0 Å². The van der Waals surface area contributed by atoms with E-state index in [9.17, 15) is 12.8 Å². The largest absolute Gasteiger partial charge is 0.240 e. The highest BCUT2D eigenvalue weighted by Crippen LogP contribution is 2.25. The molecule has 6 heteroatoms. The van der Waals surface area contributed by atoms with Crippen LogP contribution < -0.4 is 4.72 Å². The number of fused-ring (bicyclic) bond motifs is 1. The lowest BCUT2D eigenvalue weighted by Crippen LogP contribution is -2.22. The van der Waals surface area contributed by atoms with Gasteiger partial charge in [0.15, 0.2) is 0 Å². The Morgan fingerprint density at radius 2 is 1.76 bits per heavy atom. The van der Waals surface area contributed by atoms with Crippen molar-refractivity contribution in [1.29, 1.82) is 0 Å². The highest BCUT2D eigenvalue weighted by atomic mass is 32.2. The van der Waals surface area contributed by atoms with Crippen LogP contribution in [0, 0.1) is 5.82 Å².